The number of allylic oxidation sites excluding steroid dienone is 3. The van der Waals surface area contributed by atoms with Crippen molar-refractivity contribution in [3.05, 3.63) is 29.5 Å². The minimum Gasteiger partial charge on any atom is -0.294 e. The third-order valence-corrected chi connectivity index (χ3v) is 1.83. The van der Waals surface area contributed by atoms with Crippen molar-refractivity contribution >= 4 is 5.78 Å². The molecule has 0 bridgehead atoms. The second-order valence-electron chi connectivity index (χ2n) is 2.54. The van der Waals surface area contributed by atoms with Gasteiger partial charge in [-0.2, -0.15) is 0 Å². The van der Waals surface area contributed by atoms with Gasteiger partial charge in [-0.3, -0.25) is 4.79 Å². The first-order valence-electron chi connectivity index (χ1n) is 3.29. The van der Waals surface area contributed by atoms with E-state index >= 15 is 0 Å². The Morgan fingerprint density at radius 3 is 2.50 bits per heavy atom. The molecule has 0 saturated heterocycles. The van der Waals surface area contributed by atoms with Crippen molar-refractivity contribution in [3.63, 3.8) is 0 Å². The standard InChI is InChI=1S/C9H10O/c1-4-8-6(2)5-9(10)7(8)3/h5,7H,1H2,2-3H3. The second-order valence-corrected chi connectivity index (χ2v) is 2.54. The van der Waals surface area contributed by atoms with E-state index < -0.39 is 0 Å². The van der Waals surface area contributed by atoms with Crippen molar-refractivity contribution in [2.24, 2.45) is 5.92 Å². The molecule has 1 unspecified atom stereocenters. The van der Waals surface area contributed by atoms with Gasteiger partial charge in [0.1, 0.15) is 0 Å². The lowest BCUT2D eigenvalue weighted by Gasteiger charge is -2.00. The van der Waals surface area contributed by atoms with E-state index in [1.54, 1.807) is 6.08 Å². The van der Waals surface area contributed by atoms with Crippen LogP contribution in [0.4, 0.5) is 0 Å². The monoisotopic (exact) mass is 134 g/mol. The van der Waals surface area contributed by atoms with Crippen LogP contribution in [-0.4, -0.2) is 5.78 Å². The fourth-order valence-electron chi connectivity index (χ4n) is 1.19. The first-order valence-corrected chi connectivity index (χ1v) is 3.29. The number of rotatable bonds is 0. The molecule has 0 fully saturated rings. The van der Waals surface area contributed by atoms with Crippen LogP contribution in [-0.2, 0) is 4.79 Å². The molecule has 1 atom stereocenters. The zero-order chi connectivity index (χ0) is 7.72. The minimum absolute atomic E-state index is 0.0162. The lowest BCUT2D eigenvalue weighted by molar-refractivity contribution is -0.116. The molecule has 0 amide bonds. The maximum absolute atomic E-state index is 11.0. The summed E-state index contributed by atoms with van der Waals surface area (Å²) in [6.07, 6.45) is 1.65. The van der Waals surface area contributed by atoms with Crippen LogP contribution >= 0.6 is 0 Å². The summed E-state index contributed by atoms with van der Waals surface area (Å²) in [4.78, 5) is 11.0. The molecule has 1 heteroatoms. The van der Waals surface area contributed by atoms with Crippen LogP contribution in [0.15, 0.2) is 29.5 Å². The molecule has 1 aliphatic carbocycles. The van der Waals surface area contributed by atoms with E-state index in [0.29, 0.717) is 0 Å². The average molecular weight is 134 g/mol. The Morgan fingerprint density at radius 1 is 1.70 bits per heavy atom. The molecule has 1 aliphatic rings. The molecule has 10 heavy (non-hydrogen) atoms. The first kappa shape index (κ1) is 7.04. The van der Waals surface area contributed by atoms with Crippen LogP contribution in [0.2, 0.25) is 0 Å². The van der Waals surface area contributed by atoms with E-state index in [-0.39, 0.29) is 11.7 Å². The van der Waals surface area contributed by atoms with Gasteiger partial charge < -0.3 is 0 Å². The summed E-state index contributed by atoms with van der Waals surface area (Å²) in [7, 11) is 0. The summed E-state index contributed by atoms with van der Waals surface area (Å²) in [6.45, 7) is 7.31. The summed E-state index contributed by atoms with van der Waals surface area (Å²) in [5, 5.41) is 0. The van der Waals surface area contributed by atoms with E-state index in [4.69, 9.17) is 0 Å². The summed E-state index contributed by atoms with van der Waals surface area (Å²) in [6, 6.07) is 0. The predicted octanol–water partition coefficient (Wildman–Crippen LogP) is 1.86. The SMILES string of the molecule is C=C=C1C(C)=CC(=O)C1C. The van der Waals surface area contributed by atoms with E-state index in [1.165, 1.54) is 0 Å². The Kier molecular flexibility index (Phi) is 1.60. The number of carbonyl (C=O) groups excluding carboxylic acids is 1. The van der Waals surface area contributed by atoms with Crippen molar-refractivity contribution in [3.8, 4) is 0 Å². The highest BCUT2D eigenvalue weighted by molar-refractivity contribution is 5.99. The summed E-state index contributed by atoms with van der Waals surface area (Å²) in [5.41, 5.74) is 4.73. The van der Waals surface area contributed by atoms with Crippen molar-refractivity contribution in [1.29, 1.82) is 0 Å². The third kappa shape index (κ3) is 0.850. The summed E-state index contributed by atoms with van der Waals surface area (Å²) in [5.74, 6) is 0.154. The van der Waals surface area contributed by atoms with E-state index in [9.17, 15) is 4.79 Å². The highest BCUT2D eigenvalue weighted by Gasteiger charge is 2.23. The Bertz CT molecular complexity index is 252. The predicted molar refractivity (Wildman–Crippen MR) is 40.6 cm³/mol. The number of hydrogen-bond donors (Lipinski definition) is 0. The Morgan fingerprint density at radius 2 is 2.30 bits per heavy atom. The third-order valence-electron chi connectivity index (χ3n) is 1.83. The van der Waals surface area contributed by atoms with E-state index in [2.05, 4.69) is 12.3 Å². The van der Waals surface area contributed by atoms with Gasteiger partial charge in [0.2, 0.25) is 0 Å². The van der Waals surface area contributed by atoms with Crippen LogP contribution in [0.3, 0.4) is 0 Å². The topological polar surface area (TPSA) is 17.1 Å². The molecule has 0 saturated carbocycles. The van der Waals surface area contributed by atoms with Crippen LogP contribution in [0.1, 0.15) is 13.8 Å². The second kappa shape index (κ2) is 2.28. The average Bonchev–Trinajstić information content (AvgIpc) is 2.09. The van der Waals surface area contributed by atoms with Gasteiger partial charge in [0.25, 0.3) is 0 Å². The van der Waals surface area contributed by atoms with Gasteiger partial charge in [0.05, 0.1) is 5.92 Å². The molecule has 0 spiro atoms. The van der Waals surface area contributed by atoms with Crippen molar-refractivity contribution in [2.75, 3.05) is 0 Å². The highest BCUT2D eigenvalue weighted by atomic mass is 16.1. The van der Waals surface area contributed by atoms with E-state index in [0.717, 1.165) is 11.1 Å². The molecule has 0 aliphatic heterocycles. The van der Waals surface area contributed by atoms with Gasteiger partial charge in [-0.05, 0) is 18.6 Å². The smallest absolute Gasteiger partial charge is 0.163 e. The minimum atomic E-state index is -0.0162. The molecule has 52 valence electrons. The molecule has 0 N–H and O–H groups in total. The zero-order valence-electron chi connectivity index (χ0n) is 6.27. The normalized spacial score (nSPS) is 24.6. The molecule has 0 radical (unpaired) electrons. The van der Waals surface area contributed by atoms with Crippen molar-refractivity contribution < 1.29 is 4.79 Å². The Hall–Kier alpha value is -1.07. The van der Waals surface area contributed by atoms with Crippen LogP contribution in [0, 0.1) is 5.92 Å². The highest BCUT2D eigenvalue weighted by Crippen LogP contribution is 2.26. The number of carbonyl (C=O) groups is 1. The van der Waals surface area contributed by atoms with Gasteiger partial charge in [-0.1, -0.05) is 13.5 Å². The van der Waals surface area contributed by atoms with Crippen LogP contribution in [0.5, 0.6) is 0 Å². The number of hydrogen-bond acceptors (Lipinski definition) is 1. The first-order chi connectivity index (χ1) is 4.66. The van der Waals surface area contributed by atoms with Crippen LogP contribution in [0.25, 0.3) is 0 Å². The van der Waals surface area contributed by atoms with Crippen molar-refractivity contribution in [2.45, 2.75) is 13.8 Å². The maximum atomic E-state index is 11.0. The maximum Gasteiger partial charge on any atom is 0.163 e. The lowest BCUT2D eigenvalue weighted by Crippen LogP contribution is -2.02. The Labute approximate surface area is 60.7 Å². The molecule has 1 rings (SSSR count). The Balaban J connectivity index is 3.11. The zero-order valence-corrected chi connectivity index (χ0v) is 6.27. The fourth-order valence-corrected chi connectivity index (χ4v) is 1.19. The molecular weight excluding hydrogens is 124 g/mol. The van der Waals surface area contributed by atoms with Crippen LogP contribution < -0.4 is 0 Å². The molecule has 0 aromatic heterocycles. The largest absolute Gasteiger partial charge is 0.294 e. The molecular formula is C9H10O. The summed E-state index contributed by atoms with van der Waals surface area (Å²) >= 11 is 0. The number of ketones is 1. The molecule has 0 heterocycles. The fraction of sp³-hybridized carbons (Fsp3) is 0.333. The quantitative estimate of drug-likeness (QED) is 0.462. The van der Waals surface area contributed by atoms with E-state index in [1.807, 2.05) is 13.8 Å². The lowest BCUT2D eigenvalue weighted by atomic mass is 10.0. The van der Waals surface area contributed by atoms with Gasteiger partial charge in [0, 0.05) is 5.57 Å². The van der Waals surface area contributed by atoms with Gasteiger partial charge >= 0.3 is 0 Å². The van der Waals surface area contributed by atoms with Gasteiger partial charge in [0.15, 0.2) is 5.78 Å². The molecule has 0 aromatic rings. The van der Waals surface area contributed by atoms with Crippen molar-refractivity contribution in [1.82, 2.24) is 0 Å². The van der Waals surface area contributed by atoms with Gasteiger partial charge in [-0.25, -0.2) is 0 Å². The summed E-state index contributed by atoms with van der Waals surface area (Å²) < 4.78 is 0. The molecule has 1 nitrogen and oxygen atoms in total. The molecule has 0 aromatic carbocycles. The van der Waals surface area contributed by atoms with Gasteiger partial charge in [-0.15, -0.1) is 5.73 Å².